The molecule has 0 heterocycles. The first-order valence-electron chi connectivity index (χ1n) is 14.4. The molecule has 0 radical (unpaired) electrons. The second-order valence-corrected chi connectivity index (χ2v) is 12.1. The van der Waals surface area contributed by atoms with E-state index >= 15 is 0 Å². The minimum atomic E-state index is 0.218. The molecule has 1 heteroatoms. The van der Waals surface area contributed by atoms with E-state index in [4.69, 9.17) is 0 Å². The molecular formula is C31H62O. The van der Waals surface area contributed by atoms with Crippen molar-refractivity contribution in [3.63, 3.8) is 0 Å². The van der Waals surface area contributed by atoms with Gasteiger partial charge >= 0.3 is 0 Å². The zero-order valence-corrected chi connectivity index (χ0v) is 23.6. The third-order valence-corrected chi connectivity index (χ3v) is 7.87. The Hall–Kier alpha value is -0.300. The molecule has 0 rings (SSSR count). The lowest BCUT2D eigenvalue weighted by molar-refractivity contribution is 0.329. The molecule has 0 aromatic rings. The molecule has 1 N–H and O–H groups in total. The maximum Gasteiger partial charge on any atom is 0.0641 e. The molecule has 32 heavy (non-hydrogen) atoms. The van der Waals surface area contributed by atoms with Crippen LogP contribution in [0.25, 0.3) is 0 Å². The topological polar surface area (TPSA) is 20.2 Å². The smallest absolute Gasteiger partial charge is 0.0641 e. The Kier molecular flexibility index (Phi) is 19.9. The van der Waals surface area contributed by atoms with E-state index in [0.29, 0.717) is 0 Å². The van der Waals surface area contributed by atoms with E-state index < -0.39 is 0 Å². The summed E-state index contributed by atoms with van der Waals surface area (Å²) in [6.45, 7) is 19.0. The summed E-state index contributed by atoms with van der Waals surface area (Å²) >= 11 is 0. The van der Waals surface area contributed by atoms with Gasteiger partial charge in [-0.1, -0.05) is 131 Å². The van der Waals surface area contributed by atoms with E-state index in [9.17, 15) is 5.11 Å². The van der Waals surface area contributed by atoms with Crippen LogP contribution < -0.4 is 0 Å². The first kappa shape index (κ1) is 31.7. The normalized spacial score (nSPS) is 16.7. The second-order valence-electron chi connectivity index (χ2n) is 12.1. The van der Waals surface area contributed by atoms with E-state index in [1.165, 1.54) is 95.5 Å². The molecule has 0 aromatic carbocycles. The van der Waals surface area contributed by atoms with Gasteiger partial charge in [-0.2, -0.15) is 0 Å². The number of hydrogen-bond donors (Lipinski definition) is 1. The van der Waals surface area contributed by atoms with Crippen LogP contribution in [0.15, 0.2) is 11.1 Å². The SMILES string of the molecule is CC(CO)=C(C)CCCC(C)CCCC(C)CCCC(C)CCCC(C)CCCC(C)C. The third-order valence-electron chi connectivity index (χ3n) is 7.87. The Morgan fingerprint density at radius 1 is 0.469 bits per heavy atom. The van der Waals surface area contributed by atoms with Gasteiger partial charge in [-0.15, -0.1) is 0 Å². The summed E-state index contributed by atoms with van der Waals surface area (Å²) in [5.74, 6) is 4.45. The highest BCUT2D eigenvalue weighted by Gasteiger charge is 2.09. The number of aliphatic hydroxyl groups is 1. The van der Waals surface area contributed by atoms with Gasteiger partial charge in [0.25, 0.3) is 0 Å². The Bertz CT molecular complexity index is 449. The molecule has 0 spiro atoms. The maximum atomic E-state index is 9.21. The van der Waals surface area contributed by atoms with Crippen molar-refractivity contribution in [3.05, 3.63) is 11.1 Å². The van der Waals surface area contributed by atoms with Crippen LogP contribution in [0.5, 0.6) is 0 Å². The minimum Gasteiger partial charge on any atom is -0.392 e. The first-order valence-corrected chi connectivity index (χ1v) is 14.4. The lowest BCUT2D eigenvalue weighted by atomic mass is 9.89. The van der Waals surface area contributed by atoms with Crippen LogP contribution in [0.2, 0.25) is 0 Å². The van der Waals surface area contributed by atoms with Crippen LogP contribution in [0, 0.1) is 29.6 Å². The zero-order chi connectivity index (χ0) is 24.4. The van der Waals surface area contributed by atoms with Gasteiger partial charge in [0.2, 0.25) is 0 Å². The van der Waals surface area contributed by atoms with Gasteiger partial charge in [0.1, 0.15) is 0 Å². The fourth-order valence-corrected chi connectivity index (χ4v) is 4.96. The summed E-state index contributed by atoms with van der Waals surface area (Å²) in [5, 5.41) is 9.21. The van der Waals surface area contributed by atoms with E-state index in [0.717, 1.165) is 41.6 Å². The fraction of sp³-hybridized carbons (Fsp3) is 0.935. The van der Waals surface area contributed by atoms with Crippen LogP contribution in [-0.4, -0.2) is 11.7 Å². The fourth-order valence-electron chi connectivity index (χ4n) is 4.96. The minimum absolute atomic E-state index is 0.218. The van der Waals surface area contributed by atoms with Crippen molar-refractivity contribution < 1.29 is 5.11 Å². The van der Waals surface area contributed by atoms with Crippen LogP contribution in [0.3, 0.4) is 0 Å². The Balaban J connectivity index is 3.68. The van der Waals surface area contributed by atoms with Gasteiger partial charge in [-0.05, 0) is 61.9 Å². The molecule has 0 aliphatic heterocycles. The lowest BCUT2D eigenvalue weighted by Gasteiger charge is -2.17. The molecule has 0 saturated carbocycles. The summed E-state index contributed by atoms with van der Waals surface area (Å²) in [7, 11) is 0. The third kappa shape index (κ3) is 19.2. The summed E-state index contributed by atoms with van der Waals surface area (Å²) in [6, 6.07) is 0. The summed E-state index contributed by atoms with van der Waals surface area (Å²) in [5.41, 5.74) is 2.55. The highest BCUT2D eigenvalue weighted by atomic mass is 16.3. The summed E-state index contributed by atoms with van der Waals surface area (Å²) in [6.07, 6.45) is 20.8. The van der Waals surface area contributed by atoms with E-state index in [1.54, 1.807) is 0 Å². The van der Waals surface area contributed by atoms with Crippen LogP contribution in [0.4, 0.5) is 0 Å². The molecule has 192 valence electrons. The summed E-state index contributed by atoms with van der Waals surface area (Å²) in [4.78, 5) is 0. The number of rotatable bonds is 21. The highest BCUT2D eigenvalue weighted by Crippen LogP contribution is 2.24. The molecule has 4 unspecified atom stereocenters. The molecule has 0 amide bonds. The Labute approximate surface area is 204 Å². The largest absolute Gasteiger partial charge is 0.392 e. The monoisotopic (exact) mass is 450 g/mol. The van der Waals surface area contributed by atoms with Crippen molar-refractivity contribution in [2.45, 2.75) is 152 Å². The van der Waals surface area contributed by atoms with Crippen molar-refractivity contribution in [2.75, 3.05) is 6.61 Å². The van der Waals surface area contributed by atoms with Gasteiger partial charge in [0, 0.05) is 0 Å². The molecule has 0 saturated heterocycles. The van der Waals surface area contributed by atoms with Gasteiger partial charge in [0.15, 0.2) is 0 Å². The molecule has 0 bridgehead atoms. The molecule has 0 fully saturated rings. The number of aliphatic hydroxyl groups excluding tert-OH is 1. The average molecular weight is 451 g/mol. The zero-order valence-electron chi connectivity index (χ0n) is 23.6. The van der Waals surface area contributed by atoms with Crippen molar-refractivity contribution in [1.29, 1.82) is 0 Å². The second kappa shape index (κ2) is 20.1. The van der Waals surface area contributed by atoms with Crippen molar-refractivity contribution in [1.82, 2.24) is 0 Å². The highest BCUT2D eigenvalue weighted by molar-refractivity contribution is 5.09. The van der Waals surface area contributed by atoms with Crippen molar-refractivity contribution in [3.8, 4) is 0 Å². The molecule has 1 nitrogen and oxygen atoms in total. The van der Waals surface area contributed by atoms with Crippen LogP contribution in [0.1, 0.15) is 152 Å². The molecular weight excluding hydrogens is 388 g/mol. The van der Waals surface area contributed by atoms with Crippen molar-refractivity contribution in [2.24, 2.45) is 29.6 Å². The summed E-state index contributed by atoms with van der Waals surface area (Å²) < 4.78 is 0. The molecule has 0 aromatic heterocycles. The van der Waals surface area contributed by atoms with Gasteiger partial charge in [-0.3, -0.25) is 0 Å². The molecule has 0 aliphatic rings. The number of hydrogen-bond acceptors (Lipinski definition) is 1. The van der Waals surface area contributed by atoms with Gasteiger partial charge in [-0.25, -0.2) is 0 Å². The number of allylic oxidation sites excluding steroid dienone is 1. The average Bonchev–Trinajstić information content (AvgIpc) is 2.72. The van der Waals surface area contributed by atoms with E-state index in [-0.39, 0.29) is 6.61 Å². The Morgan fingerprint density at radius 3 is 1.09 bits per heavy atom. The van der Waals surface area contributed by atoms with Gasteiger partial charge < -0.3 is 5.11 Å². The van der Waals surface area contributed by atoms with Crippen LogP contribution in [-0.2, 0) is 0 Å². The van der Waals surface area contributed by atoms with Crippen molar-refractivity contribution >= 4 is 0 Å². The maximum absolute atomic E-state index is 9.21. The lowest BCUT2D eigenvalue weighted by Crippen LogP contribution is -2.02. The standard InChI is InChI=1S/C31H62O/c1-25(2)14-9-15-26(3)16-10-17-27(4)18-11-19-28(5)20-12-21-29(6)22-13-23-30(7)31(8)24-32/h25-29,32H,9-24H2,1-8H3. The van der Waals surface area contributed by atoms with Gasteiger partial charge in [0.05, 0.1) is 6.61 Å². The molecule has 4 atom stereocenters. The predicted octanol–water partition coefficient (Wildman–Crippen LogP) is 10.4. The quantitative estimate of drug-likeness (QED) is 0.172. The Morgan fingerprint density at radius 2 is 0.781 bits per heavy atom. The molecule has 0 aliphatic carbocycles. The predicted molar refractivity (Wildman–Crippen MR) is 146 cm³/mol. The van der Waals surface area contributed by atoms with E-state index in [2.05, 4.69) is 55.4 Å². The van der Waals surface area contributed by atoms with Crippen LogP contribution >= 0.6 is 0 Å². The van der Waals surface area contributed by atoms with E-state index in [1.807, 2.05) is 0 Å². The first-order chi connectivity index (χ1) is 15.1.